The maximum Gasteiger partial charge on any atom is 0.253 e. The van der Waals surface area contributed by atoms with E-state index in [0.29, 0.717) is 16.4 Å². The molecule has 0 atom stereocenters. The third-order valence-electron chi connectivity index (χ3n) is 2.44. The van der Waals surface area contributed by atoms with Crippen molar-refractivity contribution in [2.45, 2.75) is 13.5 Å². The van der Waals surface area contributed by atoms with E-state index in [9.17, 15) is 9.59 Å². The van der Waals surface area contributed by atoms with Gasteiger partial charge in [0, 0.05) is 22.5 Å². The Morgan fingerprint density at radius 3 is 2.89 bits per heavy atom. The first-order valence-corrected chi connectivity index (χ1v) is 6.01. The van der Waals surface area contributed by atoms with Crippen molar-refractivity contribution in [2.75, 3.05) is 5.32 Å². The third-order valence-corrected chi connectivity index (χ3v) is 2.67. The van der Waals surface area contributed by atoms with Crippen LogP contribution in [0.3, 0.4) is 0 Å². The number of nitrogens with zero attached hydrogens (tertiary/aromatic N) is 2. The molecular formula is C13H12ClN3O2. The summed E-state index contributed by atoms with van der Waals surface area (Å²) in [6.45, 7) is 1.64. The number of aromatic nitrogens is 2. The number of aryl methyl sites for hydroxylation is 1. The monoisotopic (exact) mass is 277 g/mol. The lowest BCUT2D eigenvalue weighted by Crippen LogP contribution is -2.27. The zero-order chi connectivity index (χ0) is 13.8. The van der Waals surface area contributed by atoms with Crippen LogP contribution in [-0.4, -0.2) is 15.5 Å². The van der Waals surface area contributed by atoms with E-state index >= 15 is 0 Å². The Morgan fingerprint density at radius 1 is 1.42 bits per heavy atom. The Morgan fingerprint density at radius 2 is 2.21 bits per heavy atom. The van der Waals surface area contributed by atoms with Crippen LogP contribution in [0.15, 0.2) is 41.5 Å². The Hall–Kier alpha value is -2.14. The lowest BCUT2D eigenvalue weighted by Gasteiger charge is -2.07. The number of benzene rings is 1. The van der Waals surface area contributed by atoms with Crippen LogP contribution in [0.2, 0.25) is 5.02 Å². The zero-order valence-electron chi connectivity index (χ0n) is 10.3. The van der Waals surface area contributed by atoms with Gasteiger partial charge in [0.05, 0.1) is 6.33 Å². The summed E-state index contributed by atoms with van der Waals surface area (Å²) in [4.78, 5) is 27.4. The van der Waals surface area contributed by atoms with Crippen molar-refractivity contribution >= 4 is 23.2 Å². The highest BCUT2D eigenvalue weighted by atomic mass is 35.5. The first-order chi connectivity index (χ1) is 9.04. The van der Waals surface area contributed by atoms with Gasteiger partial charge in [-0.2, -0.15) is 0 Å². The predicted molar refractivity (Wildman–Crippen MR) is 73.3 cm³/mol. The Kier molecular flexibility index (Phi) is 3.97. The Labute approximate surface area is 114 Å². The molecule has 0 aliphatic rings. The second-order valence-corrected chi connectivity index (χ2v) is 4.49. The fourth-order valence-corrected chi connectivity index (χ4v) is 1.75. The number of nitrogens with one attached hydrogen (secondary N) is 1. The zero-order valence-corrected chi connectivity index (χ0v) is 11.0. The molecule has 98 valence electrons. The second-order valence-electron chi connectivity index (χ2n) is 4.05. The van der Waals surface area contributed by atoms with Gasteiger partial charge in [0.1, 0.15) is 6.54 Å². The molecule has 0 saturated heterocycles. The molecule has 1 N–H and O–H groups in total. The first kappa shape index (κ1) is 13.3. The summed E-state index contributed by atoms with van der Waals surface area (Å²) in [5, 5.41) is 3.20. The highest BCUT2D eigenvalue weighted by Gasteiger charge is 2.05. The maximum absolute atomic E-state index is 11.8. The third kappa shape index (κ3) is 3.66. The number of carbonyl (C=O) groups excluding carboxylic acids is 1. The topological polar surface area (TPSA) is 64.0 Å². The number of anilines is 1. The molecule has 0 aliphatic carbocycles. The molecule has 1 amide bonds. The van der Waals surface area contributed by atoms with Gasteiger partial charge >= 0.3 is 0 Å². The molecule has 0 bridgehead atoms. The van der Waals surface area contributed by atoms with Crippen molar-refractivity contribution in [1.29, 1.82) is 0 Å². The van der Waals surface area contributed by atoms with Gasteiger partial charge in [0.2, 0.25) is 5.91 Å². The normalized spacial score (nSPS) is 10.2. The number of carbonyl (C=O) groups is 1. The summed E-state index contributed by atoms with van der Waals surface area (Å²) < 4.78 is 1.24. The number of hydrogen-bond donors (Lipinski definition) is 1. The van der Waals surface area contributed by atoms with Crippen molar-refractivity contribution < 1.29 is 4.79 Å². The summed E-state index contributed by atoms with van der Waals surface area (Å²) in [7, 11) is 0. The van der Waals surface area contributed by atoms with Crippen LogP contribution in [0.4, 0.5) is 5.69 Å². The fourth-order valence-electron chi connectivity index (χ4n) is 1.56. The second kappa shape index (κ2) is 5.67. The quantitative estimate of drug-likeness (QED) is 0.931. The highest BCUT2D eigenvalue weighted by Crippen LogP contribution is 2.14. The minimum Gasteiger partial charge on any atom is -0.324 e. The van der Waals surface area contributed by atoms with Crippen LogP contribution in [0.5, 0.6) is 0 Å². The molecule has 5 nitrogen and oxygen atoms in total. The van der Waals surface area contributed by atoms with Gasteiger partial charge in [-0.3, -0.25) is 14.2 Å². The van der Waals surface area contributed by atoms with E-state index in [1.54, 1.807) is 31.2 Å². The molecule has 2 rings (SSSR count). The number of halogens is 1. The van der Waals surface area contributed by atoms with Crippen molar-refractivity contribution in [1.82, 2.24) is 9.55 Å². The number of hydrogen-bond acceptors (Lipinski definition) is 3. The van der Waals surface area contributed by atoms with E-state index in [1.807, 2.05) is 0 Å². The van der Waals surface area contributed by atoms with Gasteiger partial charge in [-0.25, -0.2) is 4.98 Å². The van der Waals surface area contributed by atoms with Crippen molar-refractivity contribution in [3.8, 4) is 0 Å². The summed E-state index contributed by atoms with van der Waals surface area (Å²) in [6.07, 6.45) is 1.36. The average molecular weight is 278 g/mol. The molecule has 0 spiro atoms. The van der Waals surface area contributed by atoms with Gasteiger partial charge in [-0.15, -0.1) is 0 Å². The summed E-state index contributed by atoms with van der Waals surface area (Å²) in [5.74, 6) is -0.310. The molecule has 1 heterocycles. The lowest BCUT2D eigenvalue weighted by atomic mass is 10.3. The van der Waals surface area contributed by atoms with Gasteiger partial charge < -0.3 is 5.32 Å². The average Bonchev–Trinajstić information content (AvgIpc) is 2.33. The van der Waals surface area contributed by atoms with E-state index < -0.39 is 0 Å². The van der Waals surface area contributed by atoms with Crippen molar-refractivity contribution in [3.63, 3.8) is 0 Å². The molecule has 0 unspecified atom stereocenters. The maximum atomic E-state index is 11.8. The van der Waals surface area contributed by atoms with E-state index in [-0.39, 0.29) is 18.0 Å². The minimum absolute atomic E-state index is 0.0847. The number of rotatable bonds is 3. The summed E-state index contributed by atoms with van der Waals surface area (Å²) in [6, 6.07) is 8.19. The van der Waals surface area contributed by atoms with E-state index in [0.717, 1.165) is 0 Å². The van der Waals surface area contributed by atoms with E-state index in [1.165, 1.54) is 17.0 Å². The van der Waals surface area contributed by atoms with Gasteiger partial charge in [0.15, 0.2) is 0 Å². The first-order valence-electron chi connectivity index (χ1n) is 5.63. The summed E-state index contributed by atoms with van der Waals surface area (Å²) >= 11 is 5.81. The lowest BCUT2D eigenvalue weighted by molar-refractivity contribution is -0.116. The SMILES string of the molecule is Cc1cc(=O)n(CC(=O)Nc2cccc(Cl)c2)cn1. The van der Waals surface area contributed by atoms with Gasteiger partial charge in [0.25, 0.3) is 5.56 Å². The molecule has 6 heteroatoms. The largest absolute Gasteiger partial charge is 0.324 e. The van der Waals surface area contributed by atoms with E-state index in [2.05, 4.69) is 10.3 Å². The van der Waals surface area contributed by atoms with Crippen molar-refractivity contribution in [3.05, 3.63) is 57.7 Å². The van der Waals surface area contributed by atoms with E-state index in [4.69, 9.17) is 11.6 Å². The van der Waals surface area contributed by atoms with Gasteiger partial charge in [-0.1, -0.05) is 17.7 Å². The van der Waals surface area contributed by atoms with Crippen LogP contribution in [0, 0.1) is 6.92 Å². The standard InChI is InChI=1S/C13H12ClN3O2/c1-9-5-13(19)17(8-15-9)7-12(18)16-11-4-2-3-10(14)6-11/h2-6,8H,7H2,1H3,(H,16,18). The smallest absolute Gasteiger partial charge is 0.253 e. The van der Waals surface area contributed by atoms with Crippen LogP contribution in [-0.2, 0) is 11.3 Å². The Balaban J connectivity index is 2.07. The fraction of sp³-hybridized carbons (Fsp3) is 0.154. The number of amides is 1. The van der Waals surface area contributed by atoms with Crippen molar-refractivity contribution in [2.24, 2.45) is 0 Å². The molecule has 2 aromatic rings. The minimum atomic E-state index is -0.310. The molecule has 0 aliphatic heterocycles. The molecule has 0 radical (unpaired) electrons. The van der Waals surface area contributed by atoms with Gasteiger partial charge in [-0.05, 0) is 25.1 Å². The predicted octanol–water partition coefficient (Wildman–Crippen LogP) is 1.84. The molecule has 1 aromatic carbocycles. The van der Waals surface area contributed by atoms with Crippen LogP contribution in [0.1, 0.15) is 5.69 Å². The highest BCUT2D eigenvalue weighted by molar-refractivity contribution is 6.30. The Bertz CT molecular complexity index is 667. The summed E-state index contributed by atoms with van der Waals surface area (Å²) in [5.41, 5.74) is 0.955. The molecule has 0 saturated carbocycles. The molecule has 0 fully saturated rings. The molecule has 1 aromatic heterocycles. The van der Waals surface area contributed by atoms with Crippen LogP contribution in [0.25, 0.3) is 0 Å². The molecular weight excluding hydrogens is 266 g/mol. The van der Waals surface area contributed by atoms with Crippen LogP contribution < -0.4 is 10.9 Å². The molecule has 19 heavy (non-hydrogen) atoms. The van der Waals surface area contributed by atoms with Crippen LogP contribution >= 0.6 is 11.6 Å².